The maximum Gasteiger partial charge on any atom is 0.410 e. The van der Waals surface area contributed by atoms with E-state index in [4.69, 9.17) is 14.5 Å². The second-order valence-corrected chi connectivity index (χ2v) is 20.3. The van der Waals surface area contributed by atoms with Crippen molar-refractivity contribution in [2.45, 2.75) is 110 Å². The summed E-state index contributed by atoms with van der Waals surface area (Å²) in [7, 11) is -1.88. The van der Waals surface area contributed by atoms with Crippen LogP contribution < -0.4 is 15.0 Å². The molecule has 7 rings (SSSR count). The van der Waals surface area contributed by atoms with Crippen LogP contribution in [0.2, 0.25) is 0 Å². The van der Waals surface area contributed by atoms with Crippen molar-refractivity contribution in [3.05, 3.63) is 29.6 Å². The molecule has 5 aliphatic rings. The number of ether oxygens (including phenoxy) is 2. The zero-order valence-corrected chi connectivity index (χ0v) is 36.1. The van der Waals surface area contributed by atoms with E-state index in [2.05, 4.69) is 25.3 Å². The summed E-state index contributed by atoms with van der Waals surface area (Å²) in [5.74, 6) is 0.767. The first kappa shape index (κ1) is 42.3. The highest BCUT2D eigenvalue weighted by atomic mass is 32.2. The van der Waals surface area contributed by atoms with E-state index < -0.39 is 21.6 Å². The third-order valence-corrected chi connectivity index (χ3v) is 14.4. The number of anilines is 2. The minimum absolute atomic E-state index is 0.103. The van der Waals surface area contributed by atoms with E-state index in [0.29, 0.717) is 50.3 Å². The van der Waals surface area contributed by atoms with E-state index in [1.165, 1.54) is 18.2 Å². The van der Waals surface area contributed by atoms with Gasteiger partial charge >= 0.3 is 6.09 Å². The topological polar surface area (TPSA) is 157 Å². The van der Waals surface area contributed by atoms with Crippen LogP contribution in [0.1, 0.15) is 90.9 Å². The molecule has 5 saturated heterocycles. The van der Waals surface area contributed by atoms with Gasteiger partial charge < -0.3 is 34.4 Å². The van der Waals surface area contributed by atoms with E-state index in [1.54, 1.807) is 25.5 Å². The van der Waals surface area contributed by atoms with E-state index in [9.17, 15) is 22.4 Å². The molecule has 2 atom stereocenters. The third kappa shape index (κ3) is 8.70. The highest BCUT2D eigenvalue weighted by molar-refractivity contribution is 7.86. The fourth-order valence-electron chi connectivity index (χ4n) is 9.49. The molecule has 0 unspecified atom stereocenters. The molecule has 18 heteroatoms. The molecule has 0 aliphatic carbocycles. The highest BCUT2D eigenvalue weighted by Gasteiger charge is 2.52. The van der Waals surface area contributed by atoms with Crippen LogP contribution in [0.15, 0.2) is 18.2 Å². The zero-order valence-electron chi connectivity index (χ0n) is 35.3. The SMILES string of the molecule is CNc1nnc(Oc2ccc(F)cc2C(=O)N(C(C)C)C(C)C)c(N2CC3(CCN(CC4CCN(S(=O)(=O)N5C[C@@H]6C[C@H]5CN6C(=O)OC(C)(C)C)CC4)CC3)C2)n1. The number of nitrogens with one attached hydrogen (secondary N) is 1. The van der Waals surface area contributed by atoms with Gasteiger partial charge in [-0.2, -0.15) is 22.0 Å². The van der Waals surface area contributed by atoms with E-state index >= 15 is 0 Å². The molecule has 0 saturated carbocycles. The lowest BCUT2D eigenvalue weighted by molar-refractivity contribution is 0.0169. The number of fused-ring (bicyclic) bond motifs is 2. The lowest BCUT2D eigenvalue weighted by atomic mass is 9.72. The number of benzene rings is 1. The number of piperidine rings is 2. The Morgan fingerprint density at radius 3 is 2.26 bits per heavy atom. The molecule has 58 heavy (non-hydrogen) atoms. The Balaban J connectivity index is 0.909. The van der Waals surface area contributed by atoms with Gasteiger partial charge in [0.15, 0.2) is 5.82 Å². The number of halogens is 1. The van der Waals surface area contributed by atoms with E-state index in [0.717, 1.165) is 58.4 Å². The molecule has 1 aromatic heterocycles. The number of aromatic nitrogens is 3. The first-order valence-electron chi connectivity index (χ1n) is 20.8. The maximum absolute atomic E-state index is 14.5. The van der Waals surface area contributed by atoms with Gasteiger partial charge in [-0.3, -0.25) is 4.79 Å². The van der Waals surface area contributed by atoms with Crippen molar-refractivity contribution in [1.29, 1.82) is 0 Å². The zero-order chi connectivity index (χ0) is 41.7. The molecule has 0 radical (unpaired) electrons. The number of likely N-dealkylation sites (tertiary alicyclic amines) is 2. The Hall–Kier alpha value is -3.87. The molecule has 1 spiro atoms. The van der Waals surface area contributed by atoms with E-state index in [-0.39, 0.29) is 58.8 Å². The number of hydrogen-bond acceptors (Lipinski definition) is 12. The molecule has 16 nitrogen and oxygen atoms in total. The van der Waals surface area contributed by atoms with Gasteiger partial charge in [0.2, 0.25) is 5.95 Å². The highest BCUT2D eigenvalue weighted by Crippen LogP contribution is 2.45. The monoisotopic (exact) mass is 828 g/mol. The van der Waals surface area contributed by atoms with Crippen LogP contribution in [0, 0.1) is 17.2 Å². The molecular weight excluding hydrogens is 768 g/mol. The number of amides is 2. The van der Waals surface area contributed by atoms with Crippen LogP contribution in [0.25, 0.3) is 0 Å². The van der Waals surface area contributed by atoms with Gasteiger partial charge in [-0.15, -0.1) is 10.2 Å². The quantitative estimate of drug-likeness (QED) is 0.335. The molecule has 2 amide bonds. The van der Waals surface area contributed by atoms with Gasteiger partial charge in [0, 0.05) is 76.4 Å². The lowest BCUT2D eigenvalue weighted by Gasteiger charge is -2.54. The minimum atomic E-state index is -3.60. The largest absolute Gasteiger partial charge is 0.444 e. The summed E-state index contributed by atoms with van der Waals surface area (Å²) in [6.45, 7) is 19.4. The number of carbonyl (C=O) groups excluding carboxylic acids is 2. The average molecular weight is 829 g/mol. The first-order chi connectivity index (χ1) is 27.4. The predicted molar refractivity (Wildman–Crippen MR) is 218 cm³/mol. The molecule has 1 aromatic carbocycles. The minimum Gasteiger partial charge on any atom is -0.444 e. The van der Waals surface area contributed by atoms with Crippen LogP contribution in [-0.4, -0.2) is 155 Å². The third-order valence-electron chi connectivity index (χ3n) is 12.4. The standard InChI is InChI=1S/C40H61FN10O6S/c1-26(2)51(27(3)4)36(52)32-19-29(41)9-10-33(32)56-35-34(43-37(42-8)45-44-35)47-24-40(25-47)13-17-46(18-14-40)21-28-11-15-48(16-12-28)58(54,55)50-23-30-20-31(50)22-49(30)38(53)57-39(5,6)7/h9-10,19,26-28,30-31H,11-18,20-25H2,1-8H3,(H,42,43,45)/t30-,31-/m0/s1. The van der Waals surface area contributed by atoms with Gasteiger partial charge in [-0.25, -0.2) is 9.18 Å². The second kappa shape index (κ2) is 16.3. The average Bonchev–Trinajstić information content (AvgIpc) is 3.77. The van der Waals surface area contributed by atoms with E-state index in [1.807, 2.05) is 48.5 Å². The molecule has 6 heterocycles. The lowest BCUT2D eigenvalue weighted by Crippen LogP contribution is -2.61. The van der Waals surface area contributed by atoms with Gasteiger partial charge in [-0.1, -0.05) is 0 Å². The maximum atomic E-state index is 14.5. The van der Waals surface area contributed by atoms with Crippen molar-refractivity contribution in [2.24, 2.45) is 11.3 Å². The van der Waals surface area contributed by atoms with Gasteiger partial charge in [0.05, 0.1) is 11.6 Å². The number of hydrogen-bond donors (Lipinski definition) is 1. The Kier molecular flexibility index (Phi) is 11.9. The summed E-state index contributed by atoms with van der Waals surface area (Å²) < 4.78 is 57.1. The van der Waals surface area contributed by atoms with Crippen LogP contribution >= 0.6 is 0 Å². The smallest absolute Gasteiger partial charge is 0.410 e. The van der Waals surface area contributed by atoms with Gasteiger partial charge in [0.25, 0.3) is 22.0 Å². The molecule has 2 bridgehead atoms. The molecule has 320 valence electrons. The summed E-state index contributed by atoms with van der Waals surface area (Å²) in [6.07, 6.45) is 3.99. The van der Waals surface area contributed by atoms with Crippen molar-refractivity contribution in [1.82, 2.24) is 38.5 Å². The Bertz CT molecular complexity index is 1930. The molecule has 5 fully saturated rings. The molecule has 1 N–H and O–H groups in total. The summed E-state index contributed by atoms with van der Waals surface area (Å²) >= 11 is 0. The van der Waals surface area contributed by atoms with Crippen LogP contribution in [0.4, 0.5) is 21.0 Å². The molecular formula is C40H61FN10O6S. The summed E-state index contributed by atoms with van der Waals surface area (Å²) in [4.78, 5) is 39.1. The molecule has 2 aromatic rings. The predicted octanol–water partition coefficient (Wildman–Crippen LogP) is 4.66. The van der Waals surface area contributed by atoms with Crippen molar-refractivity contribution in [2.75, 3.05) is 76.2 Å². The van der Waals surface area contributed by atoms with Crippen LogP contribution in [0.5, 0.6) is 11.6 Å². The van der Waals surface area contributed by atoms with Crippen LogP contribution in [-0.2, 0) is 14.9 Å². The number of carbonyl (C=O) groups is 2. The van der Waals surface area contributed by atoms with Crippen LogP contribution in [0.3, 0.4) is 0 Å². The van der Waals surface area contributed by atoms with Crippen molar-refractivity contribution < 1.29 is 31.9 Å². The van der Waals surface area contributed by atoms with Crippen molar-refractivity contribution in [3.63, 3.8) is 0 Å². The Labute approximate surface area is 342 Å². The second-order valence-electron chi connectivity index (χ2n) is 18.4. The summed E-state index contributed by atoms with van der Waals surface area (Å²) in [6, 6.07) is 3.37. The fraction of sp³-hybridized carbons (Fsp3) is 0.725. The Morgan fingerprint density at radius 1 is 1.00 bits per heavy atom. The van der Waals surface area contributed by atoms with Gasteiger partial charge in [-0.05, 0) is 118 Å². The number of nitrogens with zero attached hydrogens (tertiary/aromatic N) is 9. The van der Waals surface area contributed by atoms with Crippen molar-refractivity contribution in [3.8, 4) is 11.6 Å². The summed E-state index contributed by atoms with van der Waals surface area (Å²) in [5.41, 5.74) is -0.361. The number of piperazine rings is 1. The Morgan fingerprint density at radius 2 is 1.67 bits per heavy atom. The molecule has 5 aliphatic heterocycles. The first-order valence-corrected chi connectivity index (χ1v) is 22.2. The van der Waals surface area contributed by atoms with Gasteiger partial charge in [0.1, 0.15) is 17.2 Å². The van der Waals surface area contributed by atoms with Crippen molar-refractivity contribution >= 4 is 34.0 Å². The normalized spacial score (nSPS) is 23.2. The number of rotatable bonds is 11. The summed E-state index contributed by atoms with van der Waals surface area (Å²) in [5, 5.41) is 11.5. The fourth-order valence-corrected chi connectivity index (χ4v) is 11.3.